The van der Waals surface area contributed by atoms with Crippen LogP contribution in [0.1, 0.15) is 6.42 Å². The van der Waals surface area contributed by atoms with Crippen LogP contribution < -0.4 is 5.32 Å². The summed E-state index contributed by atoms with van der Waals surface area (Å²) >= 11 is 0. The topological polar surface area (TPSA) is 30.5 Å². The SMILES string of the molecule is COCCOC1CCNC1.Cl. The lowest BCUT2D eigenvalue weighted by molar-refractivity contribution is 0.0272. The zero-order valence-corrected chi connectivity index (χ0v) is 7.65. The molecule has 11 heavy (non-hydrogen) atoms. The van der Waals surface area contributed by atoms with Gasteiger partial charge in [0, 0.05) is 13.7 Å². The minimum absolute atomic E-state index is 0. The van der Waals surface area contributed by atoms with E-state index in [1.807, 2.05) is 0 Å². The van der Waals surface area contributed by atoms with Gasteiger partial charge in [0.15, 0.2) is 0 Å². The molecular formula is C7H16ClNO2. The average molecular weight is 182 g/mol. The van der Waals surface area contributed by atoms with Crippen molar-refractivity contribution in [2.24, 2.45) is 0 Å². The summed E-state index contributed by atoms with van der Waals surface area (Å²) in [5.41, 5.74) is 0. The van der Waals surface area contributed by atoms with Gasteiger partial charge in [0.05, 0.1) is 19.3 Å². The maximum Gasteiger partial charge on any atom is 0.0712 e. The maximum absolute atomic E-state index is 5.46. The monoisotopic (exact) mass is 181 g/mol. The van der Waals surface area contributed by atoms with Crippen LogP contribution in [-0.4, -0.2) is 39.5 Å². The van der Waals surface area contributed by atoms with Gasteiger partial charge in [0.1, 0.15) is 0 Å². The molecule has 0 aromatic carbocycles. The highest BCUT2D eigenvalue weighted by molar-refractivity contribution is 5.85. The van der Waals surface area contributed by atoms with Gasteiger partial charge in [0.25, 0.3) is 0 Å². The third-order valence-corrected chi connectivity index (χ3v) is 1.66. The molecule has 0 radical (unpaired) electrons. The van der Waals surface area contributed by atoms with E-state index in [9.17, 15) is 0 Å². The quantitative estimate of drug-likeness (QED) is 0.639. The molecule has 1 aliphatic heterocycles. The summed E-state index contributed by atoms with van der Waals surface area (Å²) in [6, 6.07) is 0. The lowest BCUT2D eigenvalue weighted by atomic mass is 10.3. The Kier molecular flexibility index (Phi) is 6.96. The van der Waals surface area contributed by atoms with Crippen molar-refractivity contribution in [3.8, 4) is 0 Å². The minimum atomic E-state index is 0. The molecule has 1 N–H and O–H groups in total. The summed E-state index contributed by atoms with van der Waals surface area (Å²) in [5, 5.41) is 3.23. The van der Waals surface area contributed by atoms with Gasteiger partial charge in [-0.05, 0) is 13.0 Å². The molecule has 4 heteroatoms. The summed E-state index contributed by atoms with van der Waals surface area (Å²) in [4.78, 5) is 0. The molecule has 1 heterocycles. The van der Waals surface area contributed by atoms with Crippen molar-refractivity contribution in [1.29, 1.82) is 0 Å². The molecule has 3 nitrogen and oxygen atoms in total. The van der Waals surface area contributed by atoms with Gasteiger partial charge in [0.2, 0.25) is 0 Å². The van der Waals surface area contributed by atoms with Gasteiger partial charge in [-0.3, -0.25) is 0 Å². The number of rotatable bonds is 4. The minimum Gasteiger partial charge on any atom is -0.382 e. The highest BCUT2D eigenvalue weighted by Crippen LogP contribution is 2.01. The van der Waals surface area contributed by atoms with E-state index in [2.05, 4.69) is 5.32 Å². The maximum atomic E-state index is 5.46. The first-order valence-electron chi connectivity index (χ1n) is 3.74. The van der Waals surface area contributed by atoms with E-state index in [0.717, 1.165) is 26.1 Å². The molecule has 0 amide bonds. The summed E-state index contributed by atoms with van der Waals surface area (Å²) in [5.74, 6) is 0. The van der Waals surface area contributed by atoms with Crippen molar-refractivity contribution in [3.05, 3.63) is 0 Å². The third kappa shape index (κ3) is 4.58. The van der Waals surface area contributed by atoms with Gasteiger partial charge >= 0.3 is 0 Å². The van der Waals surface area contributed by atoms with Gasteiger partial charge in [-0.1, -0.05) is 0 Å². The Hall–Kier alpha value is 0.170. The molecule has 0 spiro atoms. The van der Waals surface area contributed by atoms with E-state index in [0.29, 0.717) is 12.7 Å². The summed E-state index contributed by atoms with van der Waals surface area (Å²) in [6.07, 6.45) is 1.57. The van der Waals surface area contributed by atoms with Crippen molar-refractivity contribution in [2.75, 3.05) is 33.4 Å². The van der Waals surface area contributed by atoms with Crippen LogP contribution in [0.2, 0.25) is 0 Å². The van der Waals surface area contributed by atoms with Crippen LogP contribution in [0.3, 0.4) is 0 Å². The van der Waals surface area contributed by atoms with E-state index in [1.165, 1.54) is 0 Å². The van der Waals surface area contributed by atoms with Crippen LogP contribution in [0.4, 0.5) is 0 Å². The van der Waals surface area contributed by atoms with Gasteiger partial charge in [-0.25, -0.2) is 0 Å². The van der Waals surface area contributed by atoms with Crippen LogP contribution in [0.5, 0.6) is 0 Å². The van der Waals surface area contributed by atoms with Crippen molar-refractivity contribution in [1.82, 2.24) is 5.32 Å². The second-order valence-corrected chi connectivity index (χ2v) is 2.48. The smallest absolute Gasteiger partial charge is 0.0712 e. The molecule has 0 saturated carbocycles. The van der Waals surface area contributed by atoms with Crippen molar-refractivity contribution < 1.29 is 9.47 Å². The molecule has 1 aliphatic rings. The predicted molar refractivity (Wildman–Crippen MR) is 46.4 cm³/mol. The molecule has 0 aromatic rings. The number of halogens is 1. The Morgan fingerprint density at radius 1 is 1.45 bits per heavy atom. The molecule has 0 aromatic heterocycles. The molecule has 1 rings (SSSR count). The van der Waals surface area contributed by atoms with E-state index >= 15 is 0 Å². The molecule has 1 atom stereocenters. The summed E-state index contributed by atoms with van der Waals surface area (Å²) in [7, 11) is 1.69. The highest BCUT2D eigenvalue weighted by Gasteiger charge is 2.13. The molecule has 0 aliphatic carbocycles. The molecule has 68 valence electrons. The number of hydrogen-bond donors (Lipinski definition) is 1. The van der Waals surface area contributed by atoms with Gasteiger partial charge in [-0.2, -0.15) is 0 Å². The molecular weight excluding hydrogens is 166 g/mol. The Balaban J connectivity index is 0.000001000. The Morgan fingerprint density at radius 3 is 2.82 bits per heavy atom. The Bertz CT molecular complexity index is 86.5. The molecule has 1 saturated heterocycles. The largest absolute Gasteiger partial charge is 0.382 e. The Labute approximate surface area is 73.9 Å². The van der Waals surface area contributed by atoms with E-state index < -0.39 is 0 Å². The second-order valence-electron chi connectivity index (χ2n) is 2.48. The van der Waals surface area contributed by atoms with E-state index in [-0.39, 0.29) is 12.4 Å². The molecule has 1 unspecified atom stereocenters. The van der Waals surface area contributed by atoms with E-state index in [1.54, 1.807) is 7.11 Å². The first kappa shape index (κ1) is 11.2. The van der Waals surface area contributed by atoms with Gasteiger partial charge < -0.3 is 14.8 Å². The third-order valence-electron chi connectivity index (χ3n) is 1.66. The molecule has 0 bridgehead atoms. The summed E-state index contributed by atoms with van der Waals surface area (Å²) in [6.45, 7) is 3.53. The average Bonchev–Trinajstić information content (AvgIpc) is 2.41. The van der Waals surface area contributed by atoms with Crippen LogP contribution in [-0.2, 0) is 9.47 Å². The van der Waals surface area contributed by atoms with Crippen LogP contribution in [0.25, 0.3) is 0 Å². The predicted octanol–water partition coefficient (Wildman–Crippen LogP) is 0.433. The van der Waals surface area contributed by atoms with E-state index in [4.69, 9.17) is 9.47 Å². The fraction of sp³-hybridized carbons (Fsp3) is 1.00. The zero-order valence-electron chi connectivity index (χ0n) is 6.84. The normalized spacial score (nSPS) is 23.2. The van der Waals surface area contributed by atoms with Crippen LogP contribution in [0, 0.1) is 0 Å². The first-order chi connectivity index (χ1) is 4.93. The fourth-order valence-corrected chi connectivity index (χ4v) is 1.07. The van der Waals surface area contributed by atoms with Gasteiger partial charge in [-0.15, -0.1) is 12.4 Å². The second kappa shape index (κ2) is 6.85. The lowest BCUT2D eigenvalue weighted by Crippen LogP contribution is -2.18. The summed E-state index contributed by atoms with van der Waals surface area (Å²) < 4.78 is 10.3. The highest BCUT2D eigenvalue weighted by atomic mass is 35.5. The van der Waals surface area contributed by atoms with Crippen LogP contribution in [0.15, 0.2) is 0 Å². The number of nitrogens with one attached hydrogen (secondary N) is 1. The lowest BCUT2D eigenvalue weighted by Gasteiger charge is -2.08. The Morgan fingerprint density at radius 2 is 2.27 bits per heavy atom. The fourth-order valence-electron chi connectivity index (χ4n) is 1.07. The zero-order chi connectivity index (χ0) is 7.23. The first-order valence-corrected chi connectivity index (χ1v) is 3.74. The van der Waals surface area contributed by atoms with Crippen molar-refractivity contribution in [2.45, 2.75) is 12.5 Å². The standard InChI is InChI=1S/C7H15NO2.ClH/c1-9-4-5-10-7-2-3-8-6-7;/h7-8H,2-6H2,1H3;1H. The number of hydrogen-bond acceptors (Lipinski definition) is 3. The van der Waals surface area contributed by atoms with Crippen molar-refractivity contribution >= 4 is 12.4 Å². The number of methoxy groups -OCH3 is 1. The molecule has 1 fully saturated rings. The van der Waals surface area contributed by atoms with Crippen LogP contribution >= 0.6 is 12.4 Å². The van der Waals surface area contributed by atoms with Crippen molar-refractivity contribution in [3.63, 3.8) is 0 Å². The number of ether oxygens (including phenoxy) is 2.